The molecule has 0 saturated carbocycles. The van der Waals surface area contributed by atoms with Gasteiger partial charge < -0.3 is 10.5 Å². The van der Waals surface area contributed by atoms with Crippen molar-refractivity contribution in [2.75, 3.05) is 6.61 Å². The number of ether oxygens (including phenoxy) is 1. The SMILES string of the molecule is N=C(N)C1=CCOc2ccccc21. The average Bonchev–Trinajstić information content (AvgIpc) is 2.17. The lowest BCUT2D eigenvalue weighted by Crippen LogP contribution is -2.16. The third kappa shape index (κ3) is 1.28. The van der Waals surface area contributed by atoms with Gasteiger partial charge in [-0.2, -0.15) is 0 Å². The maximum absolute atomic E-state index is 7.37. The fraction of sp³-hybridized carbons (Fsp3) is 0.100. The average molecular weight is 174 g/mol. The summed E-state index contributed by atoms with van der Waals surface area (Å²) >= 11 is 0. The molecule has 1 aliphatic heterocycles. The van der Waals surface area contributed by atoms with Crippen molar-refractivity contribution in [1.82, 2.24) is 0 Å². The van der Waals surface area contributed by atoms with Gasteiger partial charge in [-0.1, -0.05) is 18.2 Å². The first-order valence-corrected chi connectivity index (χ1v) is 4.06. The first-order chi connectivity index (χ1) is 6.29. The zero-order valence-corrected chi connectivity index (χ0v) is 7.08. The molecule has 0 aliphatic carbocycles. The molecule has 0 saturated heterocycles. The number of hydrogen-bond donors (Lipinski definition) is 2. The van der Waals surface area contributed by atoms with Gasteiger partial charge in [-0.25, -0.2) is 0 Å². The third-order valence-electron chi connectivity index (χ3n) is 1.99. The highest BCUT2D eigenvalue weighted by Gasteiger charge is 2.14. The Bertz CT molecular complexity index is 382. The monoisotopic (exact) mass is 174 g/mol. The normalized spacial score (nSPS) is 14.0. The van der Waals surface area contributed by atoms with E-state index in [2.05, 4.69) is 0 Å². The molecular weight excluding hydrogens is 164 g/mol. The summed E-state index contributed by atoms with van der Waals surface area (Å²) in [5.41, 5.74) is 7.11. The molecule has 0 unspecified atom stereocenters. The predicted octanol–water partition coefficient (Wildman–Crippen LogP) is 1.40. The van der Waals surface area contributed by atoms with Crippen LogP contribution in [0.15, 0.2) is 30.3 Å². The van der Waals surface area contributed by atoms with Gasteiger partial charge >= 0.3 is 0 Å². The first kappa shape index (κ1) is 7.86. The van der Waals surface area contributed by atoms with Gasteiger partial charge in [0.25, 0.3) is 0 Å². The number of rotatable bonds is 1. The maximum Gasteiger partial charge on any atom is 0.127 e. The van der Waals surface area contributed by atoms with Gasteiger partial charge in [-0.3, -0.25) is 5.41 Å². The molecule has 0 bridgehead atoms. The maximum atomic E-state index is 7.37. The van der Waals surface area contributed by atoms with E-state index >= 15 is 0 Å². The summed E-state index contributed by atoms with van der Waals surface area (Å²) in [5.74, 6) is 0.894. The molecule has 0 spiro atoms. The van der Waals surface area contributed by atoms with Crippen molar-refractivity contribution in [3.05, 3.63) is 35.9 Å². The fourth-order valence-corrected chi connectivity index (χ4v) is 1.39. The molecule has 3 heteroatoms. The van der Waals surface area contributed by atoms with Crippen LogP contribution in [0.5, 0.6) is 5.75 Å². The second-order valence-corrected chi connectivity index (χ2v) is 2.84. The smallest absolute Gasteiger partial charge is 0.127 e. The van der Waals surface area contributed by atoms with E-state index in [4.69, 9.17) is 15.9 Å². The molecule has 0 aromatic heterocycles. The quantitative estimate of drug-likeness (QED) is 0.499. The summed E-state index contributed by atoms with van der Waals surface area (Å²) in [7, 11) is 0. The van der Waals surface area contributed by atoms with E-state index in [0.29, 0.717) is 6.61 Å². The highest BCUT2D eigenvalue weighted by atomic mass is 16.5. The molecule has 0 atom stereocenters. The highest BCUT2D eigenvalue weighted by Crippen LogP contribution is 2.28. The lowest BCUT2D eigenvalue weighted by molar-refractivity contribution is 0.358. The summed E-state index contributed by atoms with van der Waals surface area (Å²) in [6.45, 7) is 0.492. The molecule has 1 heterocycles. The summed E-state index contributed by atoms with van der Waals surface area (Å²) in [4.78, 5) is 0. The third-order valence-corrected chi connectivity index (χ3v) is 1.99. The summed E-state index contributed by atoms with van der Waals surface area (Å²) < 4.78 is 5.38. The molecule has 0 radical (unpaired) electrons. The molecule has 0 fully saturated rings. The number of nitrogens with one attached hydrogen (secondary N) is 1. The summed E-state index contributed by atoms with van der Waals surface area (Å²) in [6, 6.07) is 7.60. The Hall–Kier alpha value is -1.77. The van der Waals surface area contributed by atoms with Crippen molar-refractivity contribution < 1.29 is 4.74 Å². The summed E-state index contributed by atoms with van der Waals surface area (Å²) in [6.07, 6.45) is 1.82. The molecule has 0 amide bonds. The Kier molecular flexibility index (Phi) is 1.77. The largest absolute Gasteiger partial charge is 0.489 e. The molecule has 13 heavy (non-hydrogen) atoms. The lowest BCUT2D eigenvalue weighted by Gasteiger charge is -2.17. The van der Waals surface area contributed by atoms with Crippen molar-refractivity contribution in [2.45, 2.75) is 0 Å². The van der Waals surface area contributed by atoms with Crippen molar-refractivity contribution in [2.24, 2.45) is 5.73 Å². The van der Waals surface area contributed by atoms with E-state index in [-0.39, 0.29) is 5.84 Å². The second kappa shape index (κ2) is 2.94. The van der Waals surface area contributed by atoms with Crippen molar-refractivity contribution in [1.29, 1.82) is 5.41 Å². The minimum absolute atomic E-state index is 0.0933. The van der Waals surface area contributed by atoms with Crippen LogP contribution in [0, 0.1) is 5.41 Å². The Morgan fingerprint density at radius 3 is 2.92 bits per heavy atom. The molecule has 1 aromatic rings. The van der Waals surface area contributed by atoms with Gasteiger partial charge in [0.05, 0.1) is 0 Å². The van der Waals surface area contributed by atoms with Crippen molar-refractivity contribution in [3.63, 3.8) is 0 Å². The lowest BCUT2D eigenvalue weighted by atomic mass is 10.0. The molecule has 2 rings (SSSR count). The van der Waals surface area contributed by atoms with Crippen LogP contribution in [0.1, 0.15) is 5.56 Å². The molecule has 3 N–H and O–H groups in total. The molecule has 66 valence electrons. The van der Waals surface area contributed by atoms with Gasteiger partial charge in [-0.05, 0) is 12.1 Å². The van der Waals surface area contributed by atoms with Gasteiger partial charge in [0.15, 0.2) is 0 Å². The Morgan fingerprint density at radius 2 is 2.15 bits per heavy atom. The molecule has 1 aliphatic rings. The van der Waals surface area contributed by atoms with Crippen LogP contribution in [0.3, 0.4) is 0 Å². The van der Waals surface area contributed by atoms with Gasteiger partial charge in [-0.15, -0.1) is 0 Å². The number of benzene rings is 1. The fourth-order valence-electron chi connectivity index (χ4n) is 1.39. The van der Waals surface area contributed by atoms with Gasteiger partial charge in [0.2, 0.25) is 0 Å². The Balaban J connectivity index is 2.53. The predicted molar refractivity (Wildman–Crippen MR) is 51.8 cm³/mol. The van der Waals surface area contributed by atoms with E-state index < -0.39 is 0 Å². The number of hydrogen-bond acceptors (Lipinski definition) is 2. The molecule has 1 aromatic carbocycles. The minimum Gasteiger partial charge on any atom is -0.489 e. The Morgan fingerprint density at radius 1 is 1.38 bits per heavy atom. The van der Waals surface area contributed by atoms with Crippen LogP contribution in [-0.4, -0.2) is 12.4 Å². The van der Waals surface area contributed by atoms with E-state index in [1.54, 1.807) is 0 Å². The van der Waals surface area contributed by atoms with Crippen LogP contribution < -0.4 is 10.5 Å². The number of amidine groups is 1. The topological polar surface area (TPSA) is 59.1 Å². The number of nitrogens with two attached hydrogens (primary N) is 1. The zero-order chi connectivity index (χ0) is 9.26. The zero-order valence-electron chi connectivity index (χ0n) is 7.08. The van der Waals surface area contributed by atoms with Crippen LogP contribution in [-0.2, 0) is 0 Å². The summed E-state index contributed by atoms with van der Waals surface area (Å²) in [5, 5.41) is 7.37. The van der Waals surface area contributed by atoms with Crippen molar-refractivity contribution >= 4 is 11.4 Å². The van der Waals surface area contributed by atoms with Crippen LogP contribution >= 0.6 is 0 Å². The minimum atomic E-state index is 0.0933. The van der Waals surface area contributed by atoms with E-state index in [9.17, 15) is 0 Å². The number of para-hydroxylation sites is 1. The van der Waals surface area contributed by atoms with Crippen molar-refractivity contribution in [3.8, 4) is 5.75 Å². The number of fused-ring (bicyclic) bond motifs is 1. The van der Waals surface area contributed by atoms with Gasteiger partial charge in [0, 0.05) is 11.1 Å². The second-order valence-electron chi connectivity index (χ2n) is 2.84. The molecular formula is C10H10N2O. The highest BCUT2D eigenvalue weighted by molar-refractivity contribution is 6.21. The molecule has 3 nitrogen and oxygen atoms in total. The van der Waals surface area contributed by atoms with Gasteiger partial charge in [0.1, 0.15) is 18.2 Å². The van der Waals surface area contributed by atoms with E-state index in [0.717, 1.165) is 16.9 Å². The Labute approximate surface area is 76.3 Å². The van der Waals surface area contributed by atoms with Crippen LogP contribution in [0.4, 0.5) is 0 Å². The van der Waals surface area contributed by atoms with Crippen LogP contribution in [0.2, 0.25) is 0 Å². The van der Waals surface area contributed by atoms with E-state index in [1.165, 1.54) is 0 Å². The standard InChI is InChI=1S/C10H10N2O/c11-10(12)8-5-6-13-9-4-2-1-3-7(8)9/h1-5H,6H2,(H3,11,12). The van der Waals surface area contributed by atoms with Crippen LogP contribution in [0.25, 0.3) is 5.57 Å². The first-order valence-electron chi connectivity index (χ1n) is 4.06. The van der Waals surface area contributed by atoms with E-state index in [1.807, 2.05) is 30.3 Å².